The van der Waals surface area contributed by atoms with E-state index in [0.29, 0.717) is 0 Å². The lowest BCUT2D eigenvalue weighted by Crippen LogP contribution is -2.25. The number of ether oxygens (including phenoxy) is 2. The Bertz CT molecular complexity index is 876. The zero-order valence-electron chi connectivity index (χ0n) is 13.4. The molecule has 0 saturated heterocycles. The summed E-state index contributed by atoms with van der Waals surface area (Å²) >= 11 is 35.0. The maximum absolute atomic E-state index is 11.7. The predicted molar refractivity (Wildman–Crippen MR) is 110 cm³/mol. The number of halogens is 6. The van der Waals surface area contributed by atoms with Gasteiger partial charge < -0.3 is 9.47 Å². The topological polar surface area (TPSA) is 76.7 Å². The molecule has 0 saturated carbocycles. The summed E-state index contributed by atoms with van der Waals surface area (Å²) in [6.07, 6.45) is 0.398. The van der Waals surface area contributed by atoms with Crippen molar-refractivity contribution >= 4 is 81.8 Å². The summed E-state index contributed by atoms with van der Waals surface area (Å²) in [4.78, 5) is 23.4. The van der Waals surface area contributed by atoms with Crippen LogP contribution < -0.4 is 20.1 Å². The van der Waals surface area contributed by atoms with Crippen LogP contribution in [-0.2, 0) is 0 Å². The number of nitrogens with one attached hydrogen (secondary N) is 2. The normalized spacial score (nSPS) is 10.6. The highest BCUT2D eigenvalue weighted by atomic mass is 35.5. The van der Waals surface area contributed by atoms with Crippen LogP contribution in [0.1, 0.15) is 0 Å². The van der Waals surface area contributed by atoms with Crippen molar-refractivity contribution in [1.29, 1.82) is 0 Å². The van der Waals surface area contributed by atoms with Gasteiger partial charge in [0, 0.05) is 24.5 Å². The Hall–Kier alpha value is -1.54. The van der Waals surface area contributed by atoms with Gasteiger partial charge >= 0.3 is 12.2 Å². The Morgan fingerprint density at radius 2 is 0.929 bits per heavy atom. The molecule has 0 atom stereocenters. The molecule has 0 aliphatic carbocycles. The summed E-state index contributed by atoms with van der Waals surface area (Å²) in [5, 5.41) is 5.39. The number of amides is 2. The fourth-order valence-corrected chi connectivity index (χ4v) is 2.79. The molecule has 148 valence electrons. The fraction of sp³-hybridized carbons (Fsp3) is 0. The SMILES string of the molecule is O=C(NC=CNC(=O)Oc1cc(Cl)c(Cl)cc1Cl)Oc1cc(Cl)c(Cl)cc1Cl. The van der Waals surface area contributed by atoms with Crippen molar-refractivity contribution in [1.82, 2.24) is 10.6 Å². The number of hydrogen-bond donors (Lipinski definition) is 2. The summed E-state index contributed by atoms with van der Waals surface area (Å²) in [5.74, 6) is 0.00666. The summed E-state index contributed by atoms with van der Waals surface area (Å²) in [6.45, 7) is 0. The highest BCUT2D eigenvalue weighted by molar-refractivity contribution is 6.44. The molecule has 2 N–H and O–H groups in total. The van der Waals surface area contributed by atoms with Gasteiger partial charge in [0.05, 0.1) is 30.1 Å². The Morgan fingerprint density at radius 3 is 1.29 bits per heavy atom. The largest absolute Gasteiger partial charge is 0.416 e. The van der Waals surface area contributed by atoms with Gasteiger partial charge in [-0.1, -0.05) is 69.6 Å². The van der Waals surface area contributed by atoms with Gasteiger partial charge in [0.25, 0.3) is 0 Å². The molecule has 0 spiro atoms. The molecule has 0 aliphatic rings. The molecule has 28 heavy (non-hydrogen) atoms. The molecule has 2 aromatic carbocycles. The van der Waals surface area contributed by atoms with E-state index in [1.165, 1.54) is 24.3 Å². The van der Waals surface area contributed by atoms with Gasteiger partial charge in [0.1, 0.15) is 0 Å². The van der Waals surface area contributed by atoms with Gasteiger partial charge in [0.2, 0.25) is 0 Å². The highest BCUT2D eigenvalue weighted by Crippen LogP contribution is 2.34. The highest BCUT2D eigenvalue weighted by Gasteiger charge is 2.12. The Labute approximate surface area is 189 Å². The van der Waals surface area contributed by atoms with Gasteiger partial charge in [-0.15, -0.1) is 0 Å². The zero-order valence-corrected chi connectivity index (χ0v) is 17.9. The van der Waals surface area contributed by atoms with Gasteiger partial charge in [-0.2, -0.15) is 0 Å². The lowest BCUT2D eigenvalue weighted by Gasteiger charge is -2.08. The van der Waals surface area contributed by atoms with Crippen LogP contribution in [0.15, 0.2) is 36.7 Å². The molecular formula is C16H8Cl6N2O4. The first kappa shape index (κ1) is 22.7. The number of carbonyl (C=O) groups is 2. The van der Waals surface area contributed by atoms with Crippen molar-refractivity contribution in [3.63, 3.8) is 0 Å². The predicted octanol–water partition coefficient (Wildman–Crippen LogP) is 6.96. The molecule has 0 aliphatic heterocycles. The summed E-state index contributed by atoms with van der Waals surface area (Å²) in [7, 11) is 0. The van der Waals surface area contributed by atoms with Crippen molar-refractivity contribution in [2.45, 2.75) is 0 Å². The van der Waals surface area contributed by atoms with E-state index in [2.05, 4.69) is 10.6 Å². The van der Waals surface area contributed by atoms with Crippen molar-refractivity contribution in [3.05, 3.63) is 66.8 Å². The summed E-state index contributed by atoms with van der Waals surface area (Å²) in [6, 6.07) is 5.23. The number of carbonyl (C=O) groups excluding carboxylic acids is 2. The molecule has 0 aromatic heterocycles. The van der Waals surface area contributed by atoms with Gasteiger partial charge in [0.15, 0.2) is 11.5 Å². The quantitative estimate of drug-likeness (QED) is 0.441. The molecule has 2 amide bonds. The Balaban J connectivity index is 1.85. The van der Waals surface area contributed by atoms with Gasteiger partial charge in [-0.3, -0.25) is 10.6 Å². The number of hydrogen-bond acceptors (Lipinski definition) is 4. The third kappa shape index (κ3) is 6.51. The van der Waals surface area contributed by atoms with Crippen LogP contribution in [0.25, 0.3) is 0 Å². The van der Waals surface area contributed by atoms with Crippen molar-refractivity contribution in [2.75, 3.05) is 0 Å². The van der Waals surface area contributed by atoms with E-state index in [1.54, 1.807) is 0 Å². The third-order valence-corrected chi connectivity index (χ3v) is 4.88. The second-order valence-electron chi connectivity index (χ2n) is 4.79. The molecule has 6 nitrogen and oxygen atoms in total. The second kappa shape index (κ2) is 10.3. The number of benzene rings is 2. The Morgan fingerprint density at radius 1 is 0.607 bits per heavy atom. The van der Waals surface area contributed by atoms with Crippen LogP contribution in [0.3, 0.4) is 0 Å². The molecule has 0 fully saturated rings. The van der Waals surface area contributed by atoms with Crippen LogP contribution in [0, 0.1) is 0 Å². The first-order chi connectivity index (χ1) is 13.2. The molecule has 0 unspecified atom stereocenters. The monoisotopic (exact) mass is 502 g/mol. The maximum Gasteiger partial charge on any atom is 0.416 e. The molecule has 2 aromatic rings. The van der Waals surface area contributed by atoms with Crippen LogP contribution >= 0.6 is 69.6 Å². The van der Waals surface area contributed by atoms with Crippen molar-refractivity contribution in [2.24, 2.45) is 0 Å². The van der Waals surface area contributed by atoms with E-state index in [0.717, 1.165) is 12.4 Å². The minimum atomic E-state index is -0.890. The lowest BCUT2D eigenvalue weighted by molar-refractivity contribution is 0.202. The molecule has 2 rings (SSSR count). The van der Waals surface area contributed by atoms with E-state index in [4.69, 9.17) is 79.1 Å². The minimum Gasteiger partial charge on any atom is -0.408 e. The van der Waals surface area contributed by atoms with E-state index in [1.807, 2.05) is 0 Å². The maximum atomic E-state index is 11.7. The average Bonchev–Trinajstić information content (AvgIpc) is 2.61. The first-order valence-electron chi connectivity index (χ1n) is 7.08. The van der Waals surface area contributed by atoms with Crippen LogP contribution in [0.5, 0.6) is 11.5 Å². The smallest absolute Gasteiger partial charge is 0.408 e. The van der Waals surface area contributed by atoms with E-state index >= 15 is 0 Å². The van der Waals surface area contributed by atoms with E-state index in [9.17, 15) is 9.59 Å². The summed E-state index contributed by atoms with van der Waals surface area (Å²) in [5.41, 5.74) is 0. The van der Waals surface area contributed by atoms with Gasteiger partial charge in [-0.05, 0) is 12.1 Å². The molecule has 0 radical (unpaired) electrons. The Kier molecular flexibility index (Phi) is 8.37. The minimum absolute atomic E-state index is 0.00333. The number of rotatable bonds is 4. The molecular weight excluding hydrogens is 497 g/mol. The standard InChI is InChI=1S/C16H8Cl6N2O4/c17-7-3-11(21)13(5-9(7)19)27-15(25)23-1-2-24-16(26)28-14-6-10(20)8(18)4-12(14)22/h1-6H,(H,23,25)(H,24,26). The first-order valence-corrected chi connectivity index (χ1v) is 9.35. The van der Waals surface area contributed by atoms with Crippen LogP contribution in [0.2, 0.25) is 30.1 Å². The van der Waals surface area contributed by atoms with Crippen LogP contribution in [0.4, 0.5) is 9.59 Å². The van der Waals surface area contributed by atoms with Crippen molar-refractivity contribution < 1.29 is 19.1 Å². The third-order valence-electron chi connectivity index (χ3n) is 2.84. The van der Waals surface area contributed by atoms with Crippen LogP contribution in [-0.4, -0.2) is 12.2 Å². The zero-order chi connectivity index (χ0) is 20.8. The van der Waals surface area contributed by atoms with Gasteiger partial charge in [-0.25, -0.2) is 9.59 Å². The van der Waals surface area contributed by atoms with E-state index in [-0.39, 0.29) is 41.6 Å². The molecule has 12 heteroatoms. The fourth-order valence-electron chi connectivity index (χ4n) is 1.64. The lowest BCUT2D eigenvalue weighted by atomic mass is 10.3. The molecule has 0 bridgehead atoms. The average molecular weight is 505 g/mol. The molecule has 0 heterocycles. The summed E-state index contributed by atoms with van der Waals surface area (Å²) < 4.78 is 9.92. The second-order valence-corrected chi connectivity index (χ2v) is 7.24. The van der Waals surface area contributed by atoms with Crippen molar-refractivity contribution in [3.8, 4) is 11.5 Å². The van der Waals surface area contributed by atoms with E-state index < -0.39 is 12.2 Å².